The Hall–Kier alpha value is -1.51. The predicted octanol–water partition coefficient (Wildman–Crippen LogP) is 2.39. The molecule has 0 fully saturated rings. The van der Waals surface area contributed by atoms with Crippen LogP contribution < -0.4 is 10.6 Å². The lowest BCUT2D eigenvalue weighted by molar-refractivity contribution is -0.123. The van der Waals surface area contributed by atoms with Crippen LogP contribution in [0.1, 0.15) is 19.4 Å². The van der Waals surface area contributed by atoms with Crippen molar-refractivity contribution in [1.29, 1.82) is 0 Å². The van der Waals surface area contributed by atoms with Crippen molar-refractivity contribution in [3.8, 4) is 0 Å². The number of carbonyl (C=O) groups excluding carboxylic acids is 1. The molecular formula is C12H16N2O. The number of rotatable bonds is 0. The quantitative estimate of drug-likeness (QED) is 0.681. The molecule has 0 atom stereocenters. The van der Waals surface area contributed by atoms with Crippen LogP contribution in [0.2, 0.25) is 0 Å². The van der Waals surface area contributed by atoms with E-state index >= 15 is 0 Å². The summed E-state index contributed by atoms with van der Waals surface area (Å²) in [7, 11) is 0. The Morgan fingerprint density at radius 2 is 2.00 bits per heavy atom. The van der Waals surface area contributed by atoms with Crippen LogP contribution >= 0.6 is 0 Å². The average molecular weight is 204 g/mol. The van der Waals surface area contributed by atoms with Gasteiger partial charge in [-0.15, -0.1) is 0 Å². The SMILES string of the molecule is Cc1ccc2c(c1)NC(=O)C(C)(C)CN2. The van der Waals surface area contributed by atoms with Crippen molar-refractivity contribution < 1.29 is 4.79 Å². The number of fused-ring (bicyclic) bond motifs is 1. The molecule has 3 heteroatoms. The van der Waals surface area contributed by atoms with E-state index in [-0.39, 0.29) is 11.3 Å². The van der Waals surface area contributed by atoms with Gasteiger partial charge in [0.25, 0.3) is 0 Å². The van der Waals surface area contributed by atoms with Gasteiger partial charge in [-0.1, -0.05) is 6.07 Å². The van der Waals surface area contributed by atoms with Gasteiger partial charge in [-0.2, -0.15) is 0 Å². The molecule has 15 heavy (non-hydrogen) atoms. The Morgan fingerprint density at radius 3 is 2.73 bits per heavy atom. The van der Waals surface area contributed by atoms with Crippen LogP contribution in [0.15, 0.2) is 18.2 Å². The Morgan fingerprint density at radius 1 is 1.27 bits per heavy atom. The van der Waals surface area contributed by atoms with Crippen molar-refractivity contribution >= 4 is 17.3 Å². The Balaban J connectivity index is 2.40. The fourth-order valence-electron chi connectivity index (χ4n) is 1.60. The van der Waals surface area contributed by atoms with Crippen LogP contribution in [-0.2, 0) is 4.79 Å². The van der Waals surface area contributed by atoms with Gasteiger partial charge in [0, 0.05) is 6.54 Å². The van der Waals surface area contributed by atoms with Gasteiger partial charge in [0.1, 0.15) is 0 Å². The maximum absolute atomic E-state index is 11.9. The smallest absolute Gasteiger partial charge is 0.231 e. The van der Waals surface area contributed by atoms with Gasteiger partial charge in [-0.3, -0.25) is 4.79 Å². The first kappa shape index (κ1) is 10.0. The standard InChI is InChI=1S/C12H16N2O/c1-8-4-5-9-10(6-8)14-11(15)12(2,3)7-13-9/h4-6,13H,7H2,1-3H3,(H,14,15). The highest BCUT2D eigenvalue weighted by Gasteiger charge is 2.30. The normalized spacial score (nSPS) is 18.5. The highest BCUT2D eigenvalue weighted by atomic mass is 16.2. The van der Waals surface area contributed by atoms with Crippen LogP contribution in [0.25, 0.3) is 0 Å². The molecular weight excluding hydrogens is 188 g/mol. The first-order chi connectivity index (χ1) is 6.99. The summed E-state index contributed by atoms with van der Waals surface area (Å²) in [5.41, 5.74) is 2.66. The molecule has 0 saturated heterocycles. The predicted molar refractivity (Wildman–Crippen MR) is 62.1 cm³/mol. The molecule has 0 spiro atoms. The average Bonchev–Trinajstić information content (AvgIpc) is 2.25. The zero-order chi connectivity index (χ0) is 11.1. The summed E-state index contributed by atoms with van der Waals surface area (Å²) in [6.45, 7) is 6.56. The van der Waals surface area contributed by atoms with Gasteiger partial charge in [-0.05, 0) is 38.5 Å². The van der Waals surface area contributed by atoms with E-state index in [1.54, 1.807) is 0 Å². The number of carbonyl (C=O) groups is 1. The van der Waals surface area contributed by atoms with Gasteiger partial charge < -0.3 is 10.6 Å². The highest BCUT2D eigenvalue weighted by Crippen LogP contribution is 2.30. The number of anilines is 2. The lowest BCUT2D eigenvalue weighted by Crippen LogP contribution is -2.34. The maximum Gasteiger partial charge on any atom is 0.231 e. The first-order valence-electron chi connectivity index (χ1n) is 5.15. The zero-order valence-electron chi connectivity index (χ0n) is 9.35. The molecule has 1 aromatic carbocycles. The van der Waals surface area contributed by atoms with E-state index in [0.29, 0.717) is 6.54 Å². The lowest BCUT2D eigenvalue weighted by atomic mass is 9.93. The molecule has 0 saturated carbocycles. The molecule has 1 aromatic rings. The van der Waals surface area contributed by atoms with Gasteiger partial charge in [0.05, 0.1) is 16.8 Å². The summed E-state index contributed by atoms with van der Waals surface area (Å²) in [5, 5.41) is 6.24. The largest absolute Gasteiger partial charge is 0.382 e. The summed E-state index contributed by atoms with van der Waals surface area (Å²) in [4.78, 5) is 11.9. The molecule has 1 amide bonds. The van der Waals surface area contributed by atoms with E-state index in [1.165, 1.54) is 0 Å². The number of hydrogen-bond donors (Lipinski definition) is 2. The molecule has 0 unspecified atom stereocenters. The molecule has 0 bridgehead atoms. The number of benzene rings is 1. The highest BCUT2D eigenvalue weighted by molar-refractivity contribution is 5.99. The maximum atomic E-state index is 11.9. The summed E-state index contributed by atoms with van der Waals surface area (Å²) in [5.74, 6) is 0.0688. The minimum absolute atomic E-state index is 0.0688. The van der Waals surface area contributed by atoms with E-state index < -0.39 is 0 Å². The molecule has 0 aliphatic carbocycles. The van der Waals surface area contributed by atoms with E-state index in [9.17, 15) is 4.79 Å². The summed E-state index contributed by atoms with van der Waals surface area (Å²) >= 11 is 0. The molecule has 3 nitrogen and oxygen atoms in total. The van der Waals surface area contributed by atoms with Crippen molar-refractivity contribution in [2.45, 2.75) is 20.8 Å². The summed E-state index contributed by atoms with van der Waals surface area (Å²) < 4.78 is 0. The van der Waals surface area contributed by atoms with Gasteiger partial charge in [0.15, 0.2) is 0 Å². The van der Waals surface area contributed by atoms with E-state index in [2.05, 4.69) is 10.6 Å². The van der Waals surface area contributed by atoms with Gasteiger partial charge in [0.2, 0.25) is 5.91 Å². The number of nitrogens with one attached hydrogen (secondary N) is 2. The van der Waals surface area contributed by atoms with E-state index in [1.807, 2.05) is 39.0 Å². The van der Waals surface area contributed by atoms with Crippen LogP contribution in [0.3, 0.4) is 0 Å². The molecule has 1 aliphatic heterocycles. The minimum Gasteiger partial charge on any atom is -0.382 e. The Bertz CT molecular complexity index is 410. The van der Waals surface area contributed by atoms with E-state index in [0.717, 1.165) is 16.9 Å². The second-order valence-corrected chi connectivity index (χ2v) is 4.74. The fraction of sp³-hybridized carbons (Fsp3) is 0.417. The first-order valence-corrected chi connectivity index (χ1v) is 5.15. The molecule has 80 valence electrons. The molecule has 1 aliphatic rings. The van der Waals surface area contributed by atoms with Crippen molar-refractivity contribution in [3.05, 3.63) is 23.8 Å². The monoisotopic (exact) mass is 204 g/mol. The topological polar surface area (TPSA) is 41.1 Å². The number of amides is 1. The summed E-state index contributed by atoms with van der Waals surface area (Å²) in [6, 6.07) is 6.03. The zero-order valence-corrected chi connectivity index (χ0v) is 9.35. The van der Waals surface area contributed by atoms with Gasteiger partial charge in [-0.25, -0.2) is 0 Å². The van der Waals surface area contributed by atoms with Crippen LogP contribution in [0.4, 0.5) is 11.4 Å². The molecule has 2 N–H and O–H groups in total. The Kier molecular flexibility index (Phi) is 2.18. The Labute approximate surface area is 89.9 Å². The molecule has 2 rings (SSSR count). The van der Waals surface area contributed by atoms with Crippen molar-refractivity contribution in [2.24, 2.45) is 5.41 Å². The lowest BCUT2D eigenvalue weighted by Gasteiger charge is -2.19. The summed E-state index contributed by atoms with van der Waals surface area (Å²) in [6.07, 6.45) is 0. The van der Waals surface area contributed by atoms with Crippen molar-refractivity contribution in [1.82, 2.24) is 0 Å². The number of hydrogen-bond acceptors (Lipinski definition) is 2. The van der Waals surface area contributed by atoms with Crippen LogP contribution in [-0.4, -0.2) is 12.5 Å². The second kappa shape index (κ2) is 3.26. The fourth-order valence-corrected chi connectivity index (χ4v) is 1.60. The second-order valence-electron chi connectivity index (χ2n) is 4.74. The van der Waals surface area contributed by atoms with Crippen molar-refractivity contribution in [2.75, 3.05) is 17.2 Å². The van der Waals surface area contributed by atoms with E-state index in [4.69, 9.17) is 0 Å². The van der Waals surface area contributed by atoms with Crippen LogP contribution in [0, 0.1) is 12.3 Å². The molecule has 1 heterocycles. The minimum atomic E-state index is -0.368. The molecule has 0 radical (unpaired) electrons. The third kappa shape index (κ3) is 1.82. The molecule has 0 aromatic heterocycles. The van der Waals surface area contributed by atoms with Gasteiger partial charge >= 0.3 is 0 Å². The van der Waals surface area contributed by atoms with Crippen molar-refractivity contribution in [3.63, 3.8) is 0 Å². The number of aryl methyl sites for hydroxylation is 1. The third-order valence-corrected chi connectivity index (χ3v) is 2.76. The van der Waals surface area contributed by atoms with Crippen LogP contribution in [0.5, 0.6) is 0 Å². The third-order valence-electron chi connectivity index (χ3n) is 2.76.